The minimum atomic E-state index is -0.343. The number of esters is 1. The van der Waals surface area contributed by atoms with Crippen molar-refractivity contribution in [3.63, 3.8) is 0 Å². The van der Waals surface area contributed by atoms with E-state index in [-0.39, 0.29) is 12.6 Å². The van der Waals surface area contributed by atoms with E-state index >= 15 is 0 Å². The maximum absolute atomic E-state index is 12.7. The third kappa shape index (κ3) is 3.40. The van der Waals surface area contributed by atoms with Gasteiger partial charge in [-0.25, -0.2) is 9.78 Å². The molecule has 0 saturated heterocycles. The zero-order valence-electron chi connectivity index (χ0n) is 14.7. The molecule has 2 aromatic heterocycles. The van der Waals surface area contributed by atoms with Gasteiger partial charge in [0.1, 0.15) is 12.4 Å². The summed E-state index contributed by atoms with van der Waals surface area (Å²) in [6.45, 7) is 1.72. The smallest absolute Gasteiger partial charge is 0.358 e. The summed E-state index contributed by atoms with van der Waals surface area (Å²) in [5.41, 5.74) is 2.50. The number of hydrogen-bond acceptors (Lipinski definition) is 4. The molecule has 0 fully saturated rings. The largest absolute Gasteiger partial charge is 0.459 e. The zero-order valence-corrected chi connectivity index (χ0v) is 14.7. The van der Waals surface area contributed by atoms with Crippen molar-refractivity contribution < 1.29 is 9.53 Å². The van der Waals surface area contributed by atoms with Gasteiger partial charge < -0.3 is 9.30 Å². The second-order valence-corrected chi connectivity index (χ2v) is 6.46. The molecule has 0 amide bonds. The highest BCUT2D eigenvalue weighted by Crippen LogP contribution is 2.27. The number of benzene rings is 1. The molecule has 0 radical (unpaired) electrons. The SMILES string of the molecule is O=C(OCCn1cccn1)c1nc(-c2ccccc2)n2c1CCCCC2. The zero-order chi connectivity index (χ0) is 17.8. The van der Waals surface area contributed by atoms with Crippen LogP contribution in [0.5, 0.6) is 0 Å². The molecule has 0 saturated carbocycles. The molecule has 6 nitrogen and oxygen atoms in total. The Bertz CT molecular complexity index is 869. The highest BCUT2D eigenvalue weighted by molar-refractivity contribution is 5.89. The van der Waals surface area contributed by atoms with Crippen LogP contribution >= 0.6 is 0 Å². The molecule has 3 aromatic rings. The lowest BCUT2D eigenvalue weighted by molar-refractivity contribution is 0.0480. The first-order valence-electron chi connectivity index (χ1n) is 9.12. The molecular weight excluding hydrogens is 328 g/mol. The predicted molar refractivity (Wildman–Crippen MR) is 97.7 cm³/mol. The number of fused-ring (bicyclic) bond motifs is 1. The first kappa shape index (κ1) is 16.6. The van der Waals surface area contributed by atoms with Gasteiger partial charge in [0, 0.05) is 24.5 Å². The Labute approximate surface area is 152 Å². The van der Waals surface area contributed by atoms with Gasteiger partial charge in [-0.15, -0.1) is 0 Å². The van der Waals surface area contributed by atoms with E-state index in [1.807, 2.05) is 42.6 Å². The molecule has 0 N–H and O–H groups in total. The number of carbonyl (C=O) groups excluding carboxylic acids is 1. The standard InChI is InChI=1S/C20H22N4O2/c25-20(26-15-14-23-12-7-11-21-23)18-17-10-5-2-6-13-24(17)19(22-18)16-8-3-1-4-9-16/h1,3-4,7-9,11-12H,2,5-6,10,13-15H2. The number of rotatable bonds is 5. The molecule has 6 heteroatoms. The quantitative estimate of drug-likeness (QED) is 0.662. The van der Waals surface area contributed by atoms with Crippen LogP contribution in [0.1, 0.15) is 35.4 Å². The van der Waals surface area contributed by atoms with E-state index in [0.717, 1.165) is 42.9 Å². The van der Waals surface area contributed by atoms with E-state index in [4.69, 9.17) is 4.74 Å². The fourth-order valence-electron chi connectivity index (χ4n) is 3.42. The number of ether oxygens (including phenoxy) is 1. The first-order valence-corrected chi connectivity index (χ1v) is 9.12. The van der Waals surface area contributed by atoms with Crippen LogP contribution in [-0.4, -0.2) is 31.9 Å². The molecule has 1 aromatic carbocycles. The van der Waals surface area contributed by atoms with Crippen LogP contribution in [-0.2, 0) is 24.2 Å². The molecule has 0 bridgehead atoms. The molecule has 4 rings (SSSR count). The fourth-order valence-corrected chi connectivity index (χ4v) is 3.42. The average Bonchev–Trinajstić information content (AvgIpc) is 3.24. The first-order chi connectivity index (χ1) is 12.8. The average molecular weight is 350 g/mol. The van der Waals surface area contributed by atoms with Crippen LogP contribution in [0.4, 0.5) is 0 Å². The molecule has 0 spiro atoms. The van der Waals surface area contributed by atoms with Crippen LogP contribution in [0.15, 0.2) is 48.8 Å². The monoisotopic (exact) mass is 350 g/mol. The van der Waals surface area contributed by atoms with Crippen molar-refractivity contribution in [3.8, 4) is 11.4 Å². The van der Waals surface area contributed by atoms with Crippen LogP contribution in [0.25, 0.3) is 11.4 Å². The van der Waals surface area contributed by atoms with Crippen molar-refractivity contribution in [2.45, 2.75) is 38.8 Å². The van der Waals surface area contributed by atoms with Gasteiger partial charge in [0.05, 0.1) is 12.2 Å². The fraction of sp³-hybridized carbons (Fsp3) is 0.350. The number of carbonyl (C=O) groups is 1. The summed E-state index contributed by atoms with van der Waals surface area (Å²) in [5.74, 6) is 0.520. The van der Waals surface area contributed by atoms with Gasteiger partial charge in [0.15, 0.2) is 5.69 Å². The lowest BCUT2D eigenvalue weighted by Crippen LogP contribution is -2.14. The molecule has 0 unspecified atom stereocenters. The molecule has 1 aliphatic rings. The van der Waals surface area contributed by atoms with Crippen molar-refractivity contribution in [1.82, 2.24) is 19.3 Å². The summed E-state index contributed by atoms with van der Waals surface area (Å²) in [7, 11) is 0. The Balaban J connectivity index is 1.58. The molecule has 26 heavy (non-hydrogen) atoms. The van der Waals surface area contributed by atoms with Crippen LogP contribution in [0, 0.1) is 0 Å². The molecule has 0 aliphatic carbocycles. The summed E-state index contributed by atoms with van der Waals surface area (Å²) in [5, 5.41) is 4.12. The van der Waals surface area contributed by atoms with Crippen LogP contribution in [0.3, 0.4) is 0 Å². The van der Waals surface area contributed by atoms with E-state index in [1.165, 1.54) is 6.42 Å². The van der Waals surface area contributed by atoms with Gasteiger partial charge in [-0.05, 0) is 25.3 Å². The summed E-state index contributed by atoms with van der Waals surface area (Å²) < 4.78 is 9.43. The van der Waals surface area contributed by atoms with Crippen LogP contribution in [0.2, 0.25) is 0 Å². The number of hydrogen-bond donors (Lipinski definition) is 0. The van der Waals surface area contributed by atoms with Crippen molar-refractivity contribution >= 4 is 5.97 Å². The number of nitrogens with zero attached hydrogens (tertiary/aromatic N) is 4. The number of imidazole rings is 1. The maximum atomic E-state index is 12.7. The molecule has 0 atom stereocenters. The third-order valence-electron chi connectivity index (χ3n) is 4.71. The van der Waals surface area contributed by atoms with Crippen molar-refractivity contribution in [1.29, 1.82) is 0 Å². The van der Waals surface area contributed by atoms with E-state index in [0.29, 0.717) is 12.2 Å². The van der Waals surface area contributed by atoms with E-state index < -0.39 is 0 Å². The van der Waals surface area contributed by atoms with Crippen LogP contribution < -0.4 is 0 Å². The Morgan fingerprint density at radius 3 is 2.81 bits per heavy atom. The molecule has 1 aliphatic heterocycles. The minimum absolute atomic E-state index is 0.285. The maximum Gasteiger partial charge on any atom is 0.358 e. The highest BCUT2D eigenvalue weighted by atomic mass is 16.5. The van der Waals surface area contributed by atoms with Crippen molar-refractivity contribution in [3.05, 3.63) is 60.2 Å². The summed E-state index contributed by atoms with van der Waals surface area (Å²) >= 11 is 0. The lowest BCUT2D eigenvalue weighted by Gasteiger charge is -2.09. The summed E-state index contributed by atoms with van der Waals surface area (Å²) in [6.07, 6.45) is 7.78. The van der Waals surface area contributed by atoms with Gasteiger partial charge in [0.25, 0.3) is 0 Å². The second-order valence-electron chi connectivity index (χ2n) is 6.46. The Morgan fingerprint density at radius 2 is 2.00 bits per heavy atom. The highest BCUT2D eigenvalue weighted by Gasteiger charge is 2.25. The van der Waals surface area contributed by atoms with Gasteiger partial charge in [-0.3, -0.25) is 4.68 Å². The predicted octanol–water partition coefficient (Wildman–Crippen LogP) is 3.33. The number of aromatic nitrogens is 4. The van der Waals surface area contributed by atoms with Crippen molar-refractivity contribution in [2.24, 2.45) is 0 Å². The topological polar surface area (TPSA) is 61.9 Å². The van der Waals surface area contributed by atoms with Gasteiger partial charge in [-0.1, -0.05) is 36.8 Å². The van der Waals surface area contributed by atoms with E-state index in [2.05, 4.69) is 14.6 Å². The summed E-state index contributed by atoms with van der Waals surface area (Å²) in [6, 6.07) is 11.9. The summed E-state index contributed by atoms with van der Waals surface area (Å²) in [4.78, 5) is 17.4. The van der Waals surface area contributed by atoms with Gasteiger partial charge in [-0.2, -0.15) is 5.10 Å². The lowest BCUT2D eigenvalue weighted by atomic mass is 10.1. The second kappa shape index (κ2) is 7.56. The molecule has 134 valence electrons. The molecule has 3 heterocycles. The van der Waals surface area contributed by atoms with Gasteiger partial charge in [0.2, 0.25) is 0 Å². The Kier molecular flexibility index (Phi) is 4.82. The Morgan fingerprint density at radius 1 is 1.12 bits per heavy atom. The van der Waals surface area contributed by atoms with E-state index in [1.54, 1.807) is 10.9 Å². The third-order valence-corrected chi connectivity index (χ3v) is 4.71. The molecular formula is C20H22N4O2. The Hall–Kier alpha value is -2.89. The van der Waals surface area contributed by atoms with E-state index in [9.17, 15) is 4.79 Å². The normalized spacial score (nSPS) is 13.8. The minimum Gasteiger partial charge on any atom is -0.459 e. The van der Waals surface area contributed by atoms with Crippen molar-refractivity contribution in [2.75, 3.05) is 6.61 Å². The van der Waals surface area contributed by atoms with Gasteiger partial charge >= 0.3 is 5.97 Å².